The first-order valence-corrected chi connectivity index (χ1v) is 7.00. The van der Waals surface area contributed by atoms with Crippen molar-refractivity contribution in [2.75, 3.05) is 20.2 Å². The van der Waals surface area contributed by atoms with Gasteiger partial charge in [0, 0.05) is 18.3 Å². The number of pyridine rings is 1. The van der Waals surface area contributed by atoms with Crippen LogP contribution in [0.4, 0.5) is 4.39 Å². The highest BCUT2D eigenvalue weighted by Gasteiger charge is 2.26. The number of carbonyl (C=O) groups is 1. The molecule has 0 amide bonds. The van der Waals surface area contributed by atoms with E-state index >= 15 is 0 Å². The molecule has 0 saturated carbocycles. The van der Waals surface area contributed by atoms with Crippen LogP contribution in [0.1, 0.15) is 18.4 Å². The van der Waals surface area contributed by atoms with Gasteiger partial charge in [-0.2, -0.15) is 0 Å². The monoisotopic (exact) mass is 330 g/mol. The lowest BCUT2D eigenvalue weighted by Crippen LogP contribution is -2.36. The van der Waals surface area contributed by atoms with Gasteiger partial charge >= 0.3 is 5.97 Å². The van der Waals surface area contributed by atoms with Crippen LogP contribution in [0.2, 0.25) is 0 Å². The minimum atomic E-state index is -0.308. The highest BCUT2D eigenvalue weighted by molar-refractivity contribution is 9.10. The lowest BCUT2D eigenvalue weighted by atomic mass is 9.97. The summed E-state index contributed by atoms with van der Waals surface area (Å²) < 4.78 is 18.8. The largest absolute Gasteiger partial charge is 0.469 e. The molecular formula is C13H16BrFN2O2. The Labute approximate surface area is 120 Å². The molecule has 0 unspecified atom stereocenters. The van der Waals surface area contributed by atoms with Crippen molar-refractivity contribution in [3.63, 3.8) is 0 Å². The van der Waals surface area contributed by atoms with Crippen molar-refractivity contribution in [1.82, 2.24) is 9.88 Å². The Balaban J connectivity index is 1.92. The molecule has 104 valence electrons. The standard InChI is InChI=1S/C13H16BrFN2O2/c1-19-13(18)9-3-6-17(7-4-9)8-10-2-5-16-12(14)11(10)15/h2,5,9H,3-4,6-8H2,1H3. The molecule has 1 aliphatic rings. The van der Waals surface area contributed by atoms with Crippen LogP contribution in [0.3, 0.4) is 0 Å². The van der Waals surface area contributed by atoms with Crippen LogP contribution in [-0.2, 0) is 16.1 Å². The van der Waals surface area contributed by atoms with Crippen molar-refractivity contribution in [3.05, 3.63) is 28.2 Å². The van der Waals surface area contributed by atoms with Gasteiger partial charge in [0.2, 0.25) is 0 Å². The molecule has 0 radical (unpaired) electrons. The maximum absolute atomic E-state index is 13.8. The first-order chi connectivity index (χ1) is 9.11. The molecule has 1 aromatic rings. The molecule has 6 heteroatoms. The topological polar surface area (TPSA) is 42.4 Å². The van der Waals surface area contributed by atoms with Crippen LogP contribution in [0.15, 0.2) is 16.9 Å². The third-order valence-corrected chi connectivity index (χ3v) is 4.00. The summed E-state index contributed by atoms with van der Waals surface area (Å²) >= 11 is 3.08. The first kappa shape index (κ1) is 14.4. The molecule has 1 saturated heterocycles. The van der Waals surface area contributed by atoms with Gasteiger partial charge in [0.05, 0.1) is 13.0 Å². The summed E-state index contributed by atoms with van der Waals surface area (Å²) in [6.45, 7) is 2.10. The second-order valence-electron chi connectivity index (χ2n) is 4.65. The van der Waals surface area contributed by atoms with Gasteiger partial charge < -0.3 is 4.74 Å². The molecule has 4 nitrogen and oxygen atoms in total. The fourth-order valence-corrected chi connectivity index (χ4v) is 2.68. The van der Waals surface area contributed by atoms with E-state index in [0.29, 0.717) is 12.1 Å². The maximum atomic E-state index is 13.8. The van der Waals surface area contributed by atoms with Crippen molar-refractivity contribution < 1.29 is 13.9 Å². The number of halogens is 2. The average molecular weight is 331 g/mol. The summed E-state index contributed by atoms with van der Waals surface area (Å²) in [5, 5.41) is 0. The van der Waals surface area contributed by atoms with Crippen LogP contribution in [-0.4, -0.2) is 36.1 Å². The predicted octanol–water partition coefficient (Wildman–Crippen LogP) is 2.37. The Bertz CT molecular complexity index is 462. The molecule has 19 heavy (non-hydrogen) atoms. The van der Waals surface area contributed by atoms with E-state index in [9.17, 15) is 9.18 Å². The fourth-order valence-electron chi connectivity index (χ4n) is 2.31. The van der Waals surface area contributed by atoms with Crippen LogP contribution >= 0.6 is 15.9 Å². The van der Waals surface area contributed by atoms with Gasteiger partial charge in [-0.1, -0.05) is 0 Å². The maximum Gasteiger partial charge on any atom is 0.308 e. The molecule has 2 rings (SSSR count). The van der Waals surface area contributed by atoms with Crippen LogP contribution in [0.25, 0.3) is 0 Å². The number of piperidine rings is 1. The number of aromatic nitrogens is 1. The van der Waals surface area contributed by atoms with Gasteiger partial charge in [-0.3, -0.25) is 9.69 Å². The summed E-state index contributed by atoms with van der Waals surface area (Å²) in [6, 6.07) is 1.69. The van der Waals surface area contributed by atoms with E-state index in [0.717, 1.165) is 25.9 Å². The van der Waals surface area contributed by atoms with Crippen molar-refractivity contribution in [1.29, 1.82) is 0 Å². The number of hydrogen-bond acceptors (Lipinski definition) is 4. The highest BCUT2D eigenvalue weighted by Crippen LogP contribution is 2.22. The first-order valence-electron chi connectivity index (χ1n) is 6.21. The third kappa shape index (κ3) is 3.51. The van der Waals surface area contributed by atoms with E-state index < -0.39 is 0 Å². The summed E-state index contributed by atoms with van der Waals surface area (Å²) in [6.07, 6.45) is 3.12. The lowest BCUT2D eigenvalue weighted by Gasteiger charge is -2.30. The van der Waals surface area contributed by atoms with Crippen LogP contribution in [0.5, 0.6) is 0 Å². The van der Waals surface area contributed by atoms with Gasteiger partial charge in [-0.05, 0) is 47.9 Å². The van der Waals surface area contributed by atoms with E-state index in [2.05, 4.69) is 25.8 Å². The lowest BCUT2D eigenvalue weighted by molar-refractivity contribution is -0.147. The minimum Gasteiger partial charge on any atom is -0.469 e. The van der Waals surface area contributed by atoms with E-state index in [1.54, 1.807) is 12.3 Å². The van der Waals surface area contributed by atoms with Crippen LogP contribution in [0, 0.1) is 11.7 Å². The minimum absolute atomic E-state index is 0.0183. The quantitative estimate of drug-likeness (QED) is 0.630. The zero-order valence-electron chi connectivity index (χ0n) is 10.7. The number of methoxy groups -OCH3 is 1. The molecule has 0 aromatic carbocycles. The van der Waals surface area contributed by atoms with Gasteiger partial charge in [0.25, 0.3) is 0 Å². The highest BCUT2D eigenvalue weighted by atomic mass is 79.9. The van der Waals surface area contributed by atoms with Gasteiger partial charge in [-0.15, -0.1) is 0 Å². The summed E-state index contributed by atoms with van der Waals surface area (Å²) in [4.78, 5) is 17.4. The second-order valence-corrected chi connectivity index (χ2v) is 5.40. The van der Waals surface area contributed by atoms with Crippen LogP contribution < -0.4 is 0 Å². The Hall–Kier alpha value is -1.01. The fraction of sp³-hybridized carbons (Fsp3) is 0.538. The SMILES string of the molecule is COC(=O)C1CCN(Cc2ccnc(Br)c2F)CC1. The molecule has 1 aromatic heterocycles. The molecule has 0 bridgehead atoms. The van der Waals surface area contributed by atoms with Gasteiger partial charge in [0.15, 0.2) is 5.82 Å². The van der Waals surface area contributed by atoms with E-state index in [1.165, 1.54) is 7.11 Å². The number of hydrogen-bond donors (Lipinski definition) is 0. The van der Waals surface area contributed by atoms with Gasteiger partial charge in [0.1, 0.15) is 4.60 Å². The number of likely N-dealkylation sites (tertiary alicyclic amines) is 1. The molecule has 0 atom stereocenters. The Morgan fingerprint density at radius 1 is 1.58 bits per heavy atom. The zero-order valence-corrected chi connectivity index (χ0v) is 12.3. The Morgan fingerprint density at radius 2 is 2.26 bits per heavy atom. The average Bonchev–Trinajstić information content (AvgIpc) is 2.44. The number of rotatable bonds is 3. The molecule has 0 spiro atoms. The van der Waals surface area contributed by atoms with Crippen molar-refractivity contribution in [3.8, 4) is 0 Å². The van der Waals surface area contributed by atoms with Crippen molar-refractivity contribution >= 4 is 21.9 Å². The van der Waals surface area contributed by atoms with E-state index in [-0.39, 0.29) is 22.3 Å². The van der Waals surface area contributed by atoms with Crippen molar-refractivity contribution in [2.24, 2.45) is 5.92 Å². The van der Waals surface area contributed by atoms with E-state index in [1.807, 2.05) is 0 Å². The molecular weight excluding hydrogens is 315 g/mol. The predicted molar refractivity (Wildman–Crippen MR) is 71.9 cm³/mol. The molecule has 2 heterocycles. The number of nitrogens with zero attached hydrogens (tertiary/aromatic N) is 2. The molecule has 1 aliphatic heterocycles. The molecule has 0 N–H and O–H groups in total. The zero-order chi connectivity index (χ0) is 13.8. The molecule has 1 fully saturated rings. The van der Waals surface area contributed by atoms with E-state index in [4.69, 9.17) is 4.74 Å². The van der Waals surface area contributed by atoms with Gasteiger partial charge in [-0.25, -0.2) is 9.37 Å². The normalized spacial score (nSPS) is 17.4. The summed E-state index contributed by atoms with van der Waals surface area (Å²) in [5.41, 5.74) is 0.624. The number of esters is 1. The smallest absolute Gasteiger partial charge is 0.308 e. The Kier molecular flexibility index (Phi) is 4.87. The number of ether oxygens (including phenoxy) is 1. The number of carbonyl (C=O) groups excluding carboxylic acids is 1. The Morgan fingerprint density at radius 3 is 2.89 bits per heavy atom. The second kappa shape index (κ2) is 6.43. The summed E-state index contributed by atoms with van der Waals surface area (Å²) in [7, 11) is 1.42. The third-order valence-electron chi connectivity index (χ3n) is 3.44. The molecule has 0 aliphatic carbocycles. The summed E-state index contributed by atoms with van der Waals surface area (Å²) in [5.74, 6) is -0.467. The van der Waals surface area contributed by atoms with Crippen molar-refractivity contribution in [2.45, 2.75) is 19.4 Å².